The molecule has 0 unspecified atom stereocenters. The number of rotatable bonds is 8. The molecule has 8 heteroatoms. The molecule has 180 valence electrons. The Morgan fingerprint density at radius 2 is 1.57 bits per heavy atom. The summed E-state index contributed by atoms with van der Waals surface area (Å²) in [6, 6.07) is 24.3. The second-order valence-corrected chi connectivity index (χ2v) is 10.5. The average molecular weight is 490 g/mol. The smallest absolute Gasteiger partial charge is 0.242 e. The maximum absolute atomic E-state index is 12.7. The lowest BCUT2D eigenvalue weighted by Crippen LogP contribution is -2.23. The molecule has 4 aromatic rings. The summed E-state index contributed by atoms with van der Waals surface area (Å²) in [5.74, 6) is 0.852. The SMILES string of the molecule is Cc1ccc(NC(=O)CCc2nc(-c3ccccc3)c(-c3ccccc3)o2)cc1S(=O)(=O)N(C)C. The van der Waals surface area contributed by atoms with Crippen LogP contribution in [-0.4, -0.2) is 37.7 Å². The summed E-state index contributed by atoms with van der Waals surface area (Å²) >= 11 is 0. The first-order valence-corrected chi connectivity index (χ1v) is 12.6. The fourth-order valence-electron chi connectivity index (χ4n) is 3.64. The summed E-state index contributed by atoms with van der Waals surface area (Å²) in [6.07, 6.45) is 0.430. The van der Waals surface area contributed by atoms with E-state index in [1.165, 1.54) is 20.2 Å². The zero-order valence-electron chi connectivity index (χ0n) is 19.9. The molecule has 1 amide bonds. The number of nitrogens with zero attached hydrogens (tertiary/aromatic N) is 2. The van der Waals surface area contributed by atoms with Gasteiger partial charge in [0, 0.05) is 43.8 Å². The average Bonchev–Trinajstić information content (AvgIpc) is 3.29. The topological polar surface area (TPSA) is 92.5 Å². The molecule has 0 atom stereocenters. The van der Waals surface area contributed by atoms with E-state index in [1.807, 2.05) is 60.7 Å². The number of sulfonamides is 1. The first-order chi connectivity index (χ1) is 16.8. The maximum atomic E-state index is 12.7. The molecule has 0 saturated heterocycles. The largest absolute Gasteiger partial charge is 0.440 e. The Bertz CT molecular complexity index is 1370. The molecule has 3 aromatic carbocycles. The third kappa shape index (κ3) is 5.50. The zero-order chi connectivity index (χ0) is 25.0. The summed E-state index contributed by atoms with van der Waals surface area (Å²) in [5.41, 5.74) is 3.59. The van der Waals surface area contributed by atoms with Crippen molar-refractivity contribution in [3.8, 4) is 22.6 Å². The summed E-state index contributed by atoms with van der Waals surface area (Å²) < 4.78 is 32.4. The number of carbonyl (C=O) groups excluding carboxylic acids is 1. The molecule has 0 bridgehead atoms. The van der Waals surface area contributed by atoms with Crippen molar-refractivity contribution in [1.82, 2.24) is 9.29 Å². The summed E-state index contributed by atoms with van der Waals surface area (Å²) in [6.45, 7) is 1.72. The van der Waals surface area contributed by atoms with Gasteiger partial charge >= 0.3 is 0 Å². The van der Waals surface area contributed by atoms with E-state index in [2.05, 4.69) is 10.3 Å². The third-order valence-electron chi connectivity index (χ3n) is 5.55. The minimum atomic E-state index is -3.62. The van der Waals surface area contributed by atoms with Crippen LogP contribution in [0.25, 0.3) is 22.6 Å². The van der Waals surface area contributed by atoms with Gasteiger partial charge in [-0.3, -0.25) is 4.79 Å². The van der Waals surface area contributed by atoms with Gasteiger partial charge in [-0.15, -0.1) is 0 Å². The van der Waals surface area contributed by atoms with Crippen molar-refractivity contribution in [2.75, 3.05) is 19.4 Å². The fraction of sp³-hybridized carbons (Fsp3) is 0.185. The highest BCUT2D eigenvalue weighted by atomic mass is 32.2. The lowest BCUT2D eigenvalue weighted by molar-refractivity contribution is -0.116. The lowest BCUT2D eigenvalue weighted by atomic mass is 10.1. The van der Waals surface area contributed by atoms with Crippen LogP contribution in [-0.2, 0) is 21.2 Å². The monoisotopic (exact) mass is 489 g/mol. The quantitative estimate of drug-likeness (QED) is 0.370. The first-order valence-electron chi connectivity index (χ1n) is 11.2. The number of anilines is 1. The number of carbonyl (C=O) groups is 1. The molecule has 0 saturated carbocycles. The van der Waals surface area contributed by atoms with Gasteiger partial charge in [-0.25, -0.2) is 17.7 Å². The van der Waals surface area contributed by atoms with E-state index in [4.69, 9.17) is 4.42 Å². The number of hydrogen-bond acceptors (Lipinski definition) is 5. The third-order valence-corrected chi connectivity index (χ3v) is 7.51. The van der Waals surface area contributed by atoms with Crippen molar-refractivity contribution < 1.29 is 17.6 Å². The Hall–Kier alpha value is -3.75. The number of hydrogen-bond donors (Lipinski definition) is 1. The molecule has 1 heterocycles. The van der Waals surface area contributed by atoms with Crippen molar-refractivity contribution in [2.24, 2.45) is 0 Å². The molecule has 0 spiro atoms. The van der Waals surface area contributed by atoms with Gasteiger partial charge in [0.15, 0.2) is 11.7 Å². The Labute approximate surface area is 205 Å². The van der Waals surface area contributed by atoms with Gasteiger partial charge in [0.2, 0.25) is 15.9 Å². The van der Waals surface area contributed by atoms with Crippen molar-refractivity contribution in [1.29, 1.82) is 0 Å². The van der Waals surface area contributed by atoms with Crippen molar-refractivity contribution >= 4 is 21.6 Å². The zero-order valence-corrected chi connectivity index (χ0v) is 20.7. The van der Waals surface area contributed by atoms with Crippen LogP contribution in [0.5, 0.6) is 0 Å². The van der Waals surface area contributed by atoms with Gasteiger partial charge in [0.25, 0.3) is 0 Å². The van der Waals surface area contributed by atoms with E-state index in [0.717, 1.165) is 21.1 Å². The predicted octanol–water partition coefficient (Wildman–Crippen LogP) is 5.14. The maximum Gasteiger partial charge on any atom is 0.242 e. The number of amides is 1. The Morgan fingerprint density at radius 1 is 0.943 bits per heavy atom. The van der Waals surface area contributed by atoms with Crippen LogP contribution in [0.1, 0.15) is 17.9 Å². The molecule has 0 radical (unpaired) electrons. The van der Waals surface area contributed by atoms with E-state index in [-0.39, 0.29) is 17.2 Å². The molecule has 0 aliphatic carbocycles. The molecule has 0 aliphatic heterocycles. The van der Waals surface area contributed by atoms with E-state index >= 15 is 0 Å². The fourth-order valence-corrected chi connectivity index (χ4v) is 4.79. The Kier molecular flexibility index (Phi) is 7.14. The molecular formula is C27H27N3O4S. The predicted molar refractivity (Wildman–Crippen MR) is 136 cm³/mol. The Morgan fingerprint density at radius 3 is 2.20 bits per heavy atom. The highest BCUT2D eigenvalue weighted by molar-refractivity contribution is 7.89. The molecular weight excluding hydrogens is 462 g/mol. The first kappa shape index (κ1) is 24.4. The standard InChI is InChI=1S/C27H27N3O4S/c1-19-14-15-22(18-23(19)35(32,33)30(2)3)28-24(31)16-17-25-29-26(20-10-6-4-7-11-20)27(34-25)21-12-8-5-9-13-21/h4-15,18H,16-17H2,1-3H3,(H,28,31). The number of aromatic nitrogens is 1. The van der Waals surface area contributed by atoms with E-state index < -0.39 is 10.0 Å². The van der Waals surface area contributed by atoms with Crippen molar-refractivity contribution in [3.63, 3.8) is 0 Å². The molecule has 7 nitrogen and oxygen atoms in total. The number of aryl methyl sites for hydroxylation is 2. The summed E-state index contributed by atoms with van der Waals surface area (Å²) in [4.78, 5) is 17.5. The molecule has 1 N–H and O–H groups in total. The Balaban J connectivity index is 1.52. The van der Waals surface area contributed by atoms with Crippen LogP contribution in [0.3, 0.4) is 0 Å². The number of nitrogens with one attached hydrogen (secondary N) is 1. The van der Waals surface area contributed by atoms with Crippen LogP contribution in [0, 0.1) is 6.92 Å². The van der Waals surface area contributed by atoms with Crippen molar-refractivity contribution in [3.05, 3.63) is 90.3 Å². The van der Waals surface area contributed by atoms with Gasteiger partial charge in [-0.05, 0) is 24.6 Å². The second kappa shape index (κ2) is 10.2. The van der Waals surface area contributed by atoms with Crippen LogP contribution in [0.4, 0.5) is 5.69 Å². The highest BCUT2D eigenvalue weighted by Crippen LogP contribution is 2.33. The van der Waals surface area contributed by atoms with Crippen LogP contribution in [0.2, 0.25) is 0 Å². The van der Waals surface area contributed by atoms with E-state index in [0.29, 0.717) is 29.3 Å². The van der Waals surface area contributed by atoms with E-state index in [9.17, 15) is 13.2 Å². The minimum Gasteiger partial charge on any atom is -0.440 e. The van der Waals surface area contributed by atoms with Gasteiger partial charge in [0.1, 0.15) is 5.69 Å². The number of oxazole rings is 1. The van der Waals surface area contributed by atoms with Gasteiger partial charge in [-0.2, -0.15) is 0 Å². The minimum absolute atomic E-state index is 0.132. The molecule has 0 aliphatic rings. The molecule has 1 aromatic heterocycles. The number of benzene rings is 3. The normalized spacial score (nSPS) is 11.5. The molecule has 0 fully saturated rings. The van der Waals surface area contributed by atoms with Gasteiger partial charge in [-0.1, -0.05) is 66.7 Å². The second-order valence-electron chi connectivity index (χ2n) is 8.33. The summed E-state index contributed by atoms with van der Waals surface area (Å²) in [7, 11) is -0.667. The molecule has 4 rings (SSSR count). The lowest BCUT2D eigenvalue weighted by Gasteiger charge is -2.15. The van der Waals surface area contributed by atoms with Gasteiger partial charge in [0.05, 0.1) is 4.90 Å². The van der Waals surface area contributed by atoms with E-state index in [1.54, 1.807) is 19.1 Å². The van der Waals surface area contributed by atoms with Crippen LogP contribution >= 0.6 is 0 Å². The highest BCUT2D eigenvalue weighted by Gasteiger charge is 2.21. The van der Waals surface area contributed by atoms with Crippen LogP contribution < -0.4 is 5.32 Å². The summed E-state index contributed by atoms with van der Waals surface area (Å²) in [5, 5.41) is 2.78. The van der Waals surface area contributed by atoms with Gasteiger partial charge < -0.3 is 9.73 Å². The molecule has 35 heavy (non-hydrogen) atoms. The van der Waals surface area contributed by atoms with Crippen LogP contribution in [0.15, 0.2) is 88.2 Å². The van der Waals surface area contributed by atoms with Crippen molar-refractivity contribution in [2.45, 2.75) is 24.7 Å².